The number of nitro benzene ring substituents is 1. The van der Waals surface area contributed by atoms with E-state index in [2.05, 4.69) is 10.6 Å². The van der Waals surface area contributed by atoms with Crippen molar-refractivity contribution in [1.82, 2.24) is 15.5 Å². The number of dihydropyridines is 1. The molecule has 3 N–H and O–H groups in total. The molecule has 1 amide bonds. The lowest BCUT2D eigenvalue weighted by Crippen LogP contribution is -2.54. The second-order valence-electron chi connectivity index (χ2n) is 12.2. The van der Waals surface area contributed by atoms with Gasteiger partial charge in [0.2, 0.25) is 0 Å². The van der Waals surface area contributed by atoms with Crippen molar-refractivity contribution in [1.29, 1.82) is 0 Å². The van der Waals surface area contributed by atoms with Gasteiger partial charge in [-0.05, 0) is 59.2 Å². The summed E-state index contributed by atoms with van der Waals surface area (Å²) in [7, 11) is 1.53. The lowest BCUT2D eigenvalue weighted by Gasteiger charge is -2.37. The molecule has 0 saturated carbocycles. The Labute approximate surface area is 309 Å². The Morgan fingerprint density at radius 1 is 0.981 bits per heavy atom. The van der Waals surface area contributed by atoms with E-state index < -0.39 is 40.5 Å². The fraction of sp³-hybridized carbons (Fsp3) is 0.472. The number of benzene rings is 2. The number of carbonyl (C=O) groups is 3. The molecule has 3 rings (SSSR count). The van der Waals surface area contributed by atoms with E-state index in [1.54, 1.807) is 58.0 Å². The van der Waals surface area contributed by atoms with E-state index in [1.165, 1.54) is 30.2 Å². The largest absolute Gasteiger partial charge is 0.493 e. The second-order valence-corrected chi connectivity index (χ2v) is 12.2. The summed E-state index contributed by atoms with van der Waals surface area (Å²) in [6.07, 6.45) is -1.61. The number of amides is 1. The van der Waals surface area contributed by atoms with Crippen LogP contribution in [0.4, 0.5) is 10.5 Å². The smallest absolute Gasteiger partial charge is 0.410 e. The molecular weight excluding hydrogens is 700 g/mol. The molecule has 0 bridgehead atoms. The van der Waals surface area contributed by atoms with Gasteiger partial charge in [-0.25, -0.2) is 14.4 Å². The number of carbonyl (C=O) groups excluding carboxylic acids is 3. The summed E-state index contributed by atoms with van der Waals surface area (Å²) in [5.74, 6) is -1.63. The van der Waals surface area contributed by atoms with Gasteiger partial charge in [0.15, 0.2) is 11.5 Å². The second kappa shape index (κ2) is 20.2. The quantitative estimate of drug-likeness (QED) is 0.0829. The van der Waals surface area contributed by atoms with Crippen molar-refractivity contribution in [3.8, 4) is 11.5 Å². The highest BCUT2D eigenvalue weighted by atomic mass is 35.5. The Morgan fingerprint density at radius 3 is 2.19 bits per heavy atom. The molecule has 1 aliphatic heterocycles. The topological polar surface area (TPSA) is 188 Å². The van der Waals surface area contributed by atoms with Gasteiger partial charge in [0.1, 0.15) is 12.7 Å². The maximum atomic E-state index is 13.8. The van der Waals surface area contributed by atoms with Crippen molar-refractivity contribution in [3.63, 3.8) is 0 Å². The van der Waals surface area contributed by atoms with Crippen LogP contribution in [0.15, 0.2) is 71.1 Å². The first kappa shape index (κ1) is 43.3. The van der Waals surface area contributed by atoms with Gasteiger partial charge in [-0.15, -0.1) is 12.4 Å². The van der Waals surface area contributed by atoms with Crippen molar-refractivity contribution in [2.75, 3.05) is 53.2 Å². The van der Waals surface area contributed by atoms with Crippen molar-refractivity contribution < 1.29 is 48.1 Å². The summed E-state index contributed by atoms with van der Waals surface area (Å²) in [6, 6.07) is 12.7. The Bertz CT molecular complexity index is 1630. The van der Waals surface area contributed by atoms with E-state index in [1.807, 2.05) is 13.8 Å². The number of rotatable bonds is 18. The van der Waals surface area contributed by atoms with Crippen molar-refractivity contribution in [2.24, 2.45) is 0 Å². The molecule has 0 aliphatic carbocycles. The lowest BCUT2D eigenvalue weighted by molar-refractivity contribution is -0.384. The summed E-state index contributed by atoms with van der Waals surface area (Å²) in [5.41, 5.74) is -0.168. The lowest BCUT2D eigenvalue weighted by atomic mass is 9.80. The van der Waals surface area contributed by atoms with E-state index >= 15 is 0 Å². The number of hydrogen-bond donors (Lipinski definition) is 3. The van der Waals surface area contributed by atoms with E-state index in [4.69, 9.17) is 23.7 Å². The molecule has 15 nitrogen and oxygen atoms in total. The molecule has 1 heterocycles. The van der Waals surface area contributed by atoms with Gasteiger partial charge in [0, 0.05) is 42.2 Å². The Balaban J connectivity index is 0.00000936. The SMILES string of the molecule is CCOC(=O)C1=C(C)NC(CN(CC(C)(C)NCC(O)COc2ccccc2OC)C(=O)OCC)=C(C(=O)OCC)C1c1cccc([N+](=O)[O-])c1.Cl. The van der Waals surface area contributed by atoms with Crippen LogP contribution in [0.25, 0.3) is 0 Å². The van der Waals surface area contributed by atoms with Crippen LogP contribution in [0, 0.1) is 10.1 Å². The minimum Gasteiger partial charge on any atom is -0.493 e. The molecule has 0 saturated heterocycles. The van der Waals surface area contributed by atoms with E-state index in [9.17, 15) is 29.6 Å². The Kier molecular flexibility index (Phi) is 16.9. The molecule has 2 atom stereocenters. The Hall–Kier alpha value is -4.86. The highest BCUT2D eigenvalue weighted by Crippen LogP contribution is 2.40. The van der Waals surface area contributed by atoms with Crippen LogP contribution in [0.2, 0.25) is 0 Å². The zero-order valence-electron chi connectivity index (χ0n) is 30.6. The molecule has 52 heavy (non-hydrogen) atoms. The summed E-state index contributed by atoms with van der Waals surface area (Å²) < 4.78 is 27.2. The molecule has 0 radical (unpaired) electrons. The van der Waals surface area contributed by atoms with E-state index in [-0.39, 0.29) is 86.6 Å². The van der Waals surface area contributed by atoms with Crippen LogP contribution in [-0.2, 0) is 23.8 Å². The fourth-order valence-electron chi connectivity index (χ4n) is 5.60. The fourth-order valence-corrected chi connectivity index (χ4v) is 5.60. The minimum atomic E-state index is -1.13. The zero-order chi connectivity index (χ0) is 37.7. The number of non-ortho nitro benzene ring substituents is 1. The number of nitrogens with one attached hydrogen (secondary N) is 2. The number of aliphatic hydroxyl groups excluding tert-OH is 1. The number of nitrogens with zero attached hydrogens (tertiary/aromatic N) is 2. The summed E-state index contributed by atoms with van der Waals surface area (Å²) in [5, 5.41) is 28.8. The monoisotopic (exact) mass is 748 g/mol. The normalized spacial score (nSPS) is 14.7. The highest BCUT2D eigenvalue weighted by molar-refractivity contribution is 6.00. The molecule has 2 aromatic carbocycles. The van der Waals surface area contributed by atoms with Crippen molar-refractivity contribution in [3.05, 3.63) is 86.7 Å². The first-order chi connectivity index (χ1) is 24.3. The zero-order valence-corrected chi connectivity index (χ0v) is 31.4. The highest BCUT2D eigenvalue weighted by Gasteiger charge is 2.40. The molecule has 16 heteroatoms. The molecule has 0 fully saturated rings. The van der Waals surface area contributed by atoms with Crippen molar-refractivity contribution >= 4 is 36.1 Å². The number of para-hydroxylation sites is 2. The van der Waals surface area contributed by atoms with Gasteiger partial charge in [0.05, 0.1) is 55.5 Å². The third-order valence-electron chi connectivity index (χ3n) is 7.83. The maximum absolute atomic E-state index is 13.8. The summed E-state index contributed by atoms with van der Waals surface area (Å²) >= 11 is 0. The standard InChI is InChI=1S/C36H48N4O11.ClH/c1-8-48-33(42)30-23(4)38-27(32(34(43)49-9-2)31(30)24-14-13-15-25(18-24)40(45)46)20-39(35(44)50-10-3)22-36(5,6)37-19-26(41)21-51-29-17-12-11-16-28(29)47-7;/h11-18,26,31,37-38,41H,8-10,19-22H2,1-7H3;1H. The average Bonchev–Trinajstić information content (AvgIpc) is 3.09. The van der Waals surface area contributed by atoms with Gasteiger partial charge >= 0.3 is 18.0 Å². The molecule has 2 unspecified atom stereocenters. The van der Waals surface area contributed by atoms with E-state index in [0.717, 1.165) is 0 Å². The predicted octanol–water partition coefficient (Wildman–Crippen LogP) is 4.63. The number of aliphatic hydroxyl groups is 1. The first-order valence-corrected chi connectivity index (χ1v) is 16.7. The third kappa shape index (κ3) is 11.6. The maximum Gasteiger partial charge on any atom is 0.410 e. The summed E-state index contributed by atoms with van der Waals surface area (Å²) in [6.45, 7) is 10.2. The number of methoxy groups -OCH3 is 1. The van der Waals surface area contributed by atoms with Crippen LogP contribution in [0.3, 0.4) is 0 Å². The number of allylic oxidation sites excluding steroid dienone is 1. The molecule has 2 aromatic rings. The van der Waals surface area contributed by atoms with Crippen LogP contribution in [-0.4, -0.2) is 97.8 Å². The van der Waals surface area contributed by atoms with Crippen molar-refractivity contribution in [2.45, 2.75) is 59.1 Å². The van der Waals surface area contributed by atoms with Crippen LogP contribution in [0.1, 0.15) is 53.0 Å². The van der Waals surface area contributed by atoms with Gasteiger partial charge < -0.3 is 44.3 Å². The average molecular weight is 749 g/mol. The van der Waals surface area contributed by atoms with Gasteiger partial charge in [0.25, 0.3) is 5.69 Å². The molecular formula is C36H49ClN4O11. The molecule has 1 aliphatic rings. The number of nitro groups is 1. The van der Waals surface area contributed by atoms with Crippen LogP contribution in [0.5, 0.6) is 11.5 Å². The third-order valence-corrected chi connectivity index (χ3v) is 7.83. The predicted molar refractivity (Wildman–Crippen MR) is 194 cm³/mol. The minimum absolute atomic E-state index is 0. The molecule has 0 spiro atoms. The Morgan fingerprint density at radius 2 is 1.60 bits per heavy atom. The van der Waals surface area contributed by atoms with Gasteiger partial charge in [-0.2, -0.15) is 0 Å². The van der Waals surface area contributed by atoms with Gasteiger partial charge in [-0.3, -0.25) is 10.1 Å². The number of β-amino-alcohol motifs (C(OH)–C–C–N with tert-alkyl or cyclic N) is 1. The number of esters is 2. The van der Waals surface area contributed by atoms with E-state index in [0.29, 0.717) is 17.2 Å². The number of halogens is 1. The van der Waals surface area contributed by atoms with Crippen LogP contribution >= 0.6 is 12.4 Å². The number of ether oxygens (including phenoxy) is 5. The molecule has 0 aromatic heterocycles. The first-order valence-electron chi connectivity index (χ1n) is 16.7. The molecule has 286 valence electrons. The summed E-state index contributed by atoms with van der Waals surface area (Å²) in [4.78, 5) is 53.1. The van der Waals surface area contributed by atoms with Gasteiger partial charge in [-0.1, -0.05) is 24.3 Å². The van der Waals surface area contributed by atoms with Crippen LogP contribution < -0.4 is 20.1 Å². The number of hydrogen-bond acceptors (Lipinski definition) is 13.